The van der Waals surface area contributed by atoms with Gasteiger partial charge in [0, 0.05) is 0 Å². The molecule has 2 N–H and O–H groups in total. The smallest absolute Gasteiger partial charge is 0.122 e. The third-order valence-corrected chi connectivity index (χ3v) is 3.63. The van der Waals surface area contributed by atoms with Crippen LogP contribution in [-0.2, 0) is 4.74 Å². The summed E-state index contributed by atoms with van der Waals surface area (Å²) in [7, 11) is 0. The Morgan fingerprint density at radius 1 is 1.44 bits per heavy atom. The molecule has 0 radical (unpaired) electrons. The van der Waals surface area contributed by atoms with Crippen LogP contribution in [0.4, 0.5) is 4.39 Å². The molecule has 0 amide bonds. The van der Waals surface area contributed by atoms with Crippen molar-refractivity contribution in [3.8, 4) is 0 Å². The second kappa shape index (κ2) is 5.70. The van der Waals surface area contributed by atoms with E-state index in [2.05, 4.69) is 6.58 Å². The predicted molar refractivity (Wildman–Crippen MR) is 71.4 cm³/mol. The monoisotopic (exact) mass is 251 g/mol. The summed E-state index contributed by atoms with van der Waals surface area (Å²) in [5.41, 5.74) is 6.62. The molecule has 0 aromatic rings. The second-order valence-corrected chi connectivity index (χ2v) is 5.40. The van der Waals surface area contributed by atoms with Gasteiger partial charge >= 0.3 is 0 Å². The summed E-state index contributed by atoms with van der Waals surface area (Å²) in [6, 6.07) is 0. The summed E-state index contributed by atoms with van der Waals surface area (Å²) in [5, 5.41) is 0. The Morgan fingerprint density at radius 2 is 2.17 bits per heavy atom. The maximum Gasteiger partial charge on any atom is 0.122 e. The van der Waals surface area contributed by atoms with Crippen LogP contribution < -0.4 is 5.73 Å². The normalized spacial score (nSPS) is 28.2. The molecular weight excluding hydrogens is 229 g/mol. The van der Waals surface area contributed by atoms with Gasteiger partial charge < -0.3 is 10.5 Å². The van der Waals surface area contributed by atoms with Gasteiger partial charge in [-0.3, -0.25) is 0 Å². The second-order valence-electron chi connectivity index (χ2n) is 5.40. The number of nitrogens with two attached hydrogens (primary N) is 1. The van der Waals surface area contributed by atoms with Gasteiger partial charge in [0.2, 0.25) is 0 Å². The Kier molecular flexibility index (Phi) is 4.23. The van der Waals surface area contributed by atoms with Crippen molar-refractivity contribution in [1.29, 1.82) is 0 Å². The Labute approximate surface area is 108 Å². The van der Waals surface area contributed by atoms with Gasteiger partial charge in [-0.25, -0.2) is 4.39 Å². The van der Waals surface area contributed by atoms with Crippen LogP contribution in [0.1, 0.15) is 26.2 Å². The summed E-state index contributed by atoms with van der Waals surface area (Å²) in [6.07, 6.45) is 6.70. The lowest BCUT2D eigenvalue weighted by Gasteiger charge is -2.12. The number of ether oxygens (including phenoxy) is 1. The minimum absolute atomic E-state index is 0.221. The highest BCUT2D eigenvalue weighted by Gasteiger charge is 2.39. The molecule has 18 heavy (non-hydrogen) atoms. The third-order valence-electron chi connectivity index (χ3n) is 3.63. The molecule has 0 saturated heterocycles. The molecule has 2 aliphatic rings. The van der Waals surface area contributed by atoms with Crippen LogP contribution in [0.25, 0.3) is 0 Å². The van der Waals surface area contributed by atoms with Gasteiger partial charge in [-0.1, -0.05) is 6.58 Å². The molecule has 2 fully saturated rings. The fourth-order valence-corrected chi connectivity index (χ4v) is 2.05. The molecule has 2 unspecified atom stereocenters. The predicted octanol–water partition coefficient (Wildman–Crippen LogP) is 3.32. The van der Waals surface area contributed by atoms with Crippen LogP contribution in [0, 0.1) is 17.8 Å². The summed E-state index contributed by atoms with van der Waals surface area (Å²) >= 11 is 0. The van der Waals surface area contributed by atoms with Gasteiger partial charge in [-0.05, 0) is 68.2 Å². The number of rotatable bonds is 7. The quantitative estimate of drug-likeness (QED) is 0.556. The Morgan fingerprint density at radius 3 is 2.67 bits per heavy atom. The van der Waals surface area contributed by atoms with E-state index >= 15 is 0 Å². The molecular formula is C15H22FNO. The molecule has 2 rings (SSSR count). The van der Waals surface area contributed by atoms with E-state index in [9.17, 15) is 4.39 Å². The van der Waals surface area contributed by atoms with Crippen LogP contribution >= 0.6 is 0 Å². The number of allylic oxidation sites excluding steroid dienone is 4. The lowest BCUT2D eigenvalue weighted by molar-refractivity contribution is 0.204. The molecule has 2 saturated carbocycles. The molecule has 2 atom stereocenters. The fourth-order valence-electron chi connectivity index (χ4n) is 2.05. The van der Waals surface area contributed by atoms with Crippen LogP contribution in [0.2, 0.25) is 0 Å². The average molecular weight is 251 g/mol. The zero-order chi connectivity index (χ0) is 13.1. The van der Waals surface area contributed by atoms with E-state index < -0.39 is 0 Å². The zero-order valence-electron chi connectivity index (χ0n) is 11.0. The third kappa shape index (κ3) is 3.70. The van der Waals surface area contributed by atoms with Gasteiger partial charge in [0.15, 0.2) is 0 Å². The van der Waals surface area contributed by atoms with E-state index in [1.807, 2.05) is 0 Å². The molecule has 0 heterocycles. The summed E-state index contributed by atoms with van der Waals surface area (Å²) in [5.74, 6) is 2.15. The lowest BCUT2D eigenvalue weighted by Crippen LogP contribution is -2.06. The molecule has 0 spiro atoms. The first-order valence-corrected chi connectivity index (χ1v) is 6.68. The maximum atomic E-state index is 12.8. The highest BCUT2D eigenvalue weighted by molar-refractivity contribution is 5.33. The van der Waals surface area contributed by atoms with Crippen LogP contribution in [0.15, 0.2) is 35.9 Å². The van der Waals surface area contributed by atoms with Crippen molar-refractivity contribution in [3.05, 3.63) is 35.9 Å². The number of hydrogen-bond acceptors (Lipinski definition) is 2. The van der Waals surface area contributed by atoms with E-state index in [0.717, 1.165) is 24.4 Å². The average Bonchev–Trinajstić information content (AvgIpc) is 3.22. The van der Waals surface area contributed by atoms with Gasteiger partial charge in [-0.2, -0.15) is 0 Å². The maximum absolute atomic E-state index is 12.8. The summed E-state index contributed by atoms with van der Waals surface area (Å²) < 4.78 is 18.6. The molecule has 0 aliphatic heterocycles. The molecule has 0 aromatic heterocycles. The summed E-state index contributed by atoms with van der Waals surface area (Å²) in [4.78, 5) is 0. The van der Waals surface area contributed by atoms with Crippen molar-refractivity contribution in [1.82, 2.24) is 0 Å². The van der Waals surface area contributed by atoms with Gasteiger partial charge in [0.25, 0.3) is 0 Å². The number of hydrogen-bond donors (Lipinski definition) is 1. The van der Waals surface area contributed by atoms with Gasteiger partial charge in [-0.15, -0.1) is 0 Å². The standard InChI is InChI=1S/C15H22FNO/c1-10(16)3-6-15(18-9-12-4-5-12)11(2)14-7-13(14)8-17/h3,6,12-14H,2,4-5,7-9,17H2,1H3/b10-3+,15-6+. The molecule has 0 bridgehead atoms. The Balaban J connectivity index is 1.96. The van der Waals surface area contributed by atoms with Crippen molar-refractivity contribution in [2.24, 2.45) is 23.5 Å². The first-order valence-electron chi connectivity index (χ1n) is 6.68. The van der Waals surface area contributed by atoms with Crippen LogP contribution in [0.3, 0.4) is 0 Å². The minimum atomic E-state index is -0.221. The topological polar surface area (TPSA) is 35.2 Å². The first-order chi connectivity index (χ1) is 8.61. The van der Waals surface area contributed by atoms with E-state index in [1.54, 1.807) is 6.08 Å². The lowest BCUT2D eigenvalue weighted by atomic mass is 10.1. The van der Waals surface area contributed by atoms with E-state index in [0.29, 0.717) is 24.3 Å². The molecule has 2 aliphatic carbocycles. The van der Waals surface area contributed by atoms with E-state index in [-0.39, 0.29) is 5.83 Å². The zero-order valence-corrected chi connectivity index (χ0v) is 11.0. The van der Waals surface area contributed by atoms with E-state index in [1.165, 1.54) is 25.8 Å². The van der Waals surface area contributed by atoms with Crippen LogP contribution in [-0.4, -0.2) is 13.2 Å². The Bertz CT molecular complexity index is 378. The highest BCUT2D eigenvalue weighted by Crippen LogP contribution is 2.45. The van der Waals surface area contributed by atoms with E-state index in [4.69, 9.17) is 10.5 Å². The van der Waals surface area contributed by atoms with Gasteiger partial charge in [0.05, 0.1) is 12.4 Å². The summed E-state index contributed by atoms with van der Waals surface area (Å²) in [6.45, 7) is 6.94. The van der Waals surface area contributed by atoms with Crippen molar-refractivity contribution >= 4 is 0 Å². The Hall–Kier alpha value is -1.09. The molecule has 0 aromatic carbocycles. The van der Waals surface area contributed by atoms with Crippen molar-refractivity contribution in [2.75, 3.05) is 13.2 Å². The largest absolute Gasteiger partial charge is 0.493 e. The number of halogens is 1. The highest BCUT2D eigenvalue weighted by atomic mass is 19.1. The SMILES string of the molecule is C=C(/C(=C\C=C(/C)F)OCC1CC1)C1CC1CN. The fraction of sp³-hybridized carbons (Fsp3) is 0.600. The molecule has 3 heteroatoms. The molecule has 2 nitrogen and oxygen atoms in total. The van der Waals surface area contributed by atoms with Gasteiger partial charge in [0.1, 0.15) is 5.76 Å². The van der Waals surface area contributed by atoms with Crippen molar-refractivity contribution < 1.29 is 9.13 Å². The van der Waals surface area contributed by atoms with Crippen molar-refractivity contribution in [3.63, 3.8) is 0 Å². The van der Waals surface area contributed by atoms with Crippen LogP contribution in [0.5, 0.6) is 0 Å². The molecule has 100 valence electrons. The van der Waals surface area contributed by atoms with Crippen molar-refractivity contribution in [2.45, 2.75) is 26.2 Å². The first kappa shape index (κ1) is 13.3. The minimum Gasteiger partial charge on any atom is -0.493 e.